The quantitative estimate of drug-likeness (QED) is 0.652. The number of thioether (sulfide) groups is 1. The van der Waals surface area contributed by atoms with Crippen LogP contribution in [-0.2, 0) is 19.1 Å². The van der Waals surface area contributed by atoms with Crippen LogP contribution in [0.1, 0.15) is 20.8 Å². The van der Waals surface area contributed by atoms with E-state index in [1.807, 2.05) is 20.8 Å². The molecule has 0 aliphatic carbocycles. The molecule has 132 valence electrons. The van der Waals surface area contributed by atoms with Gasteiger partial charge in [0.15, 0.2) is 0 Å². The Morgan fingerprint density at radius 2 is 2.04 bits per heavy atom. The van der Waals surface area contributed by atoms with E-state index in [0.717, 1.165) is 0 Å². The first-order valence-corrected chi connectivity index (χ1v) is 8.91. The molecule has 1 aliphatic heterocycles. The Morgan fingerprint density at radius 1 is 1.35 bits per heavy atom. The Bertz CT molecular complexity index is 431. The summed E-state index contributed by atoms with van der Waals surface area (Å²) in [6, 6.07) is 0.0804. The van der Waals surface area contributed by atoms with Crippen LogP contribution < -0.4 is 5.32 Å². The van der Waals surface area contributed by atoms with E-state index in [9.17, 15) is 14.4 Å². The van der Waals surface area contributed by atoms with Crippen LogP contribution in [0.4, 0.5) is 0 Å². The van der Waals surface area contributed by atoms with Crippen molar-refractivity contribution in [2.75, 3.05) is 45.6 Å². The number of rotatable bonds is 7. The molecule has 0 unspecified atom stereocenters. The number of nitrogens with one attached hydrogen (secondary N) is 1. The maximum absolute atomic E-state index is 12.4. The van der Waals surface area contributed by atoms with Crippen molar-refractivity contribution in [1.29, 1.82) is 0 Å². The lowest BCUT2D eigenvalue weighted by Crippen LogP contribution is -2.50. The molecule has 1 atom stereocenters. The molecule has 1 rings (SSSR count). The molecule has 1 aliphatic rings. The summed E-state index contributed by atoms with van der Waals surface area (Å²) >= 11 is 1.51. The van der Waals surface area contributed by atoms with Crippen LogP contribution in [0.2, 0.25) is 0 Å². The van der Waals surface area contributed by atoms with E-state index in [2.05, 4.69) is 5.32 Å². The number of hydrogen-bond acceptors (Lipinski definition) is 6. The Morgan fingerprint density at radius 3 is 2.61 bits per heavy atom. The molecule has 1 N–H and O–H groups in total. The van der Waals surface area contributed by atoms with E-state index in [1.165, 1.54) is 18.9 Å². The number of methoxy groups -OCH3 is 1. The van der Waals surface area contributed by atoms with Crippen molar-refractivity contribution in [3.63, 3.8) is 0 Å². The third-order valence-electron chi connectivity index (χ3n) is 3.51. The average molecular weight is 345 g/mol. The first-order chi connectivity index (χ1) is 10.9. The van der Waals surface area contributed by atoms with E-state index < -0.39 is 0 Å². The van der Waals surface area contributed by atoms with Crippen LogP contribution >= 0.6 is 11.8 Å². The Kier molecular flexibility index (Phi) is 8.40. The highest BCUT2D eigenvalue weighted by Gasteiger charge is 2.30. The van der Waals surface area contributed by atoms with E-state index in [1.54, 1.807) is 9.80 Å². The summed E-state index contributed by atoms with van der Waals surface area (Å²) < 4.78 is 4.75. The second kappa shape index (κ2) is 9.77. The summed E-state index contributed by atoms with van der Waals surface area (Å²) in [6.45, 7) is 7.69. The van der Waals surface area contributed by atoms with Gasteiger partial charge in [0, 0.05) is 24.9 Å². The third-order valence-corrected chi connectivity index (χ3v) is 4.67. The lowest BCUT2D eigenvalue weighted by Gasteiger charge is -2.32. The molecule has 0 aromatic carbocycles. The zero-order valence-corrected chi connectivity index (χ0v) is 15.1. The van der Waals surface area contributed by atoms with Crippen molar-refractivity contribution in [3.8, 4) is 0 Å². The van der Waals surface area contributed by atoms with Crippen LogP contribution in [0, 0.1) is 0 Å². The molecule has 8 heteroatoms. The molecule has 0 bridgehead atoms. The molecule has 1 heterocycles. The van der Waals surface area contributed by atoms with E-state index >= 15 is 0 Å². The fourth-order valence-electron chi connectivity index (χ4n) is 2.29. The first-order valence-electron chi connectivity index (χ1n) is 7.86. The van der Waals surface area contributed by atoms with Gasteiger partial charge in [-0.3, -0.25) is 19.3 Å². The van der Waals surface area contributed by atoms with Crippen LogP contribution in [0.3, 0.4) is 0 Å². The second-order valence-corrected chi connectivity index (χ2v) is 7.06. The Hall–Kier alpha value is -1.28. The predicted molar refractivity (Wildman–Crippen MR) is 90.2 cm³/mol. The van der Waals surface area contributed by atoms with Crippen molar-refractivity contribution in [2.45, 2.75) is 32.1 Å². The van der Waals surface area contributed by atoms with E-state index in [-0.39, 0.29) is 42.2 Å². The smallest absolute Gasteiger partial charge is 0.320 e. The van der Waals surface area contributed by atoms with Gasteiger partial charge in [0.2, 0.25) is 11.8 Å². The van der Waals surface area contributed by atoms with E-state index in [4.69, 9.17) is 4.74 Å². The van der Waals surface area contributed by atoms with Crippen molar-refractivity contribution in [1.82, 2.24) is 15.1 Å². The number of nitrogens with zero attached hydrogens (tertiary/aromatic N) is 2. The summed E-state index contributed by atoms with van der Waals surface area (Å²) in [5.74, 6) is 0.275. The minimum atomic E-state index is -0.322. The summed E-state index contributed by atoms with van der Waals surface area (Å²) in [4.78, 5) is 39.3. The van der Waals surface area contributed by atoms with Crippen molar-refractivity contribution < 1.29 is 19.1 Å². The molecule has 0 saturated carbocycles. The lowest BCUT2D eigenvalue weighted by atomic mass is 10.3. The first kappa shape index (κ1) is 19.8. The number of carbonyl (C=O) groups excluding carboxylic acids is 3. The second-order valence-electron chi connectivity index (χ2n) is 5.75. The predicted octanol–water partition coefficient (Wildman–Crippen LogP) is -0.0501. The lowest BCUT2D eigenvalue weighted by molar-refractivity contribution is -0.141. The zero-order valence-electron chi connectivity index (χ0n) is 14.3. The van der Waals surface area contributed by atoms with Gasteiger partial charge in [-0.05, 0) is 20.4 Å². The molecular weight excluding hydrogens is 318 g/mol. The fourth-order valence-corrected chi connectivity index (χ4v) is 3.42. The SMILES string of the molecule is CCN(CC(=O)NC(C)C)CC(=O)N1CCS[C@H](C(=O)OC)C1. The summed E-state index contributed by atoms with van der Waals surface area (Å²) in [7, 11) is 1.36. The minimum Gasteiger partial charge on any atom is -0.468 e. The topological polar surface area (TPSA) is 79.0 Å². The molecule has 1 fully saturated rings. The number of likely N-dealkylation sites (N-methyl/N-ethyl adjacent to an activating group) is 1. The van der Waals surface area contributed by atoms with Crippen molar-refractivity contribution in [2.24, 2.45) is 0 Å². The van der Waals surface area contributed by atoms with Gasteiger partial charge in [0.25, 0.3) is 0 Å². The zero-order chi connectivity index (χ0) is 17.4. The van der Waals surface area contributed by atoms with Gasteiger partial charge in [0.1, 0.15) is 5.25 Å². The number of hydrogen-bond donors (Lipinski definition) is 1. The number of ether oxygens (including phenoxy) is 1. The van der Waals surface area contributed by atoms with Gasteiger partial charge in [-0.25, -0.2) is 0 Å². The summed E-state index contributed by atoms with van der Waals surface area (Å²) in [5.41, 5.74) is 0. The van der Waals surface area contributed by atoms with Gasteiger partial charge in [-0.1, -0.05) is 6.92 Å². The van der Waals surface area contributed by atoms with Crippen molar-refractivity contribution in [3.05, 3.63) is 0 Å². The summed E-state index contributed by atoms with van der Waals surface area (Å²) in [5, 5.41) is 2.50. The molecule has 0 radical (unpaired) electrons. The molecule has 7 nitrogen and oxygen atoms in total. The highest BCUT2D eigenvalue weighted by Crippen LogP contribution is 2.19. The minimum absolute atomic E-state index is 0.0570. The van der Waals surface area contributed by atoms with Gasteiger partial charge >= 0.3 is 5.97 Å². The molecular formula is C15H27N3O4S. The molecule has 23 heavy (non-hydrogen) atoms. The number of esters is 1. The molecule has 2 amide bonds. The highest BCUT2D eigenvalue weighted by atomic mass is 32.2. The fraction of sp³-hybridized carbons (Fsp3) is 0.800. The van der Waals surface area contributed by atoms with Crippen LogP contribution in [0.25, 0.3) is 0 Å². The Labute approximate surface area is 142 Å². The van der Waals surface area contributed by atoms with Crippen LogP contribution in [0.5, 0.6) is 0 Å². The van der Waals surface area contributed by atoms with Gasteiger partial charge in [-0.15, -0.1) is 11.8 Å². The largest absolute Gasteiger partial charge is 0.468 e. The highest BCUT2D eigenvalue weighted by molar-refractivity contribution is 8.00. The van der Waals surface area contributed by atoms with Crippen LogP contribution in [-0.4, -0.2) is 84.5 Å². The van der Waals surface area contributed by atoms with Crippen LogP contribution in [0.15, 0.2) is 0 Å². The van der Waals surface area contributed by atoms with Gasteiger partial charge in [-0.2, -0.15) is 0 Å². The number of amides is 2. The molecule has 0 aromatic heterocycles. The average Bonchev–Trinajstić information content (AvgIpc) is 2.52. The summed E-state index contributed by atoms with van der Waals surface area (Å²) in [6.07, 6.45) is 0. The standard InChI is InChI=1S/C15H27N3O4S/c1-5-17(9-13(19)16-11(2)3)10-14(20)18-6-7-23-12(8-18)15(21)22-4/h11-12H,5-10H2,1-4H3,(H,16,19)/t12-/m0/s1. The molecule has 0 aromatic rings. The number of carbonyl (C=O) groups is 3. The maximum Gasteiger partial charge on any atom is 0.320 e. The third kappa shape index (κ3) is 6.78. The molecule has 1 saturated heterocycles. The van der Waals surface area contributed by atoms with Gasteiger partial charge in [0.05, 0.1) is 20.2 Å². The molecule has 0 spiro atoms. The monoisotopic (exact) mass is 345 g/mol. The maximum atomic E-state index is 12.4. The van der Waals surface area contributed by atoms with Crippen molar-refractivity contribution >= 4 is 29.5 Å². The Balaban J connectivity index is 2.52. The normalized spacial score (nSPS) is 18.2. The van der Waals surface area contributed by atoms with E-state index in [0.29, 0.717) is 25.4 Å². The van der Waals surface area contributed by atoms with Gasteiger partial charge < -0.3 is 15.0 Å².